The summed E-state index contributed by atoms with van der Waals surface area (Å²) in [6.07, 6.45) is 3.75. The van der Waals surface area contributed by atoms with Crippen LogP contribution in [0.1, 0.15) is 41.2 Å². The van der Waals surface area contributed by atoms with Crippen LogP contribution in [0.5, 0.6) is 0 Å². The SMILES string of the molecule is CC(C)CC(=O)NC(Cc1cnc[nH]1)C(=O)Nc1cccc(C(=O)NCc2cccs2)c1. The summed E-state index contributed by atoms with van der Waals surface area (Å²) in [5, 5.41) is 10.4. The third kappa shape index (κ3) is 7.05. The van der Waals surface area contributed by atoms with Gasteiger partial charge in [-0.25, -0.2) is 4.98 Å². The number of aromatic amines is 1. The van der Waals surface area contributed by atoms with Crippen LogP contribution in [0.3, 0.4) is 0 Å². The van der Waals surface area contributed by atoms with Crippen molar-refractivity contribution in [2.45, 2.75) is 39.3 Å². The van der Waals surface area contributed by atoms with E-state index in [4.69, 9.17) is 0 Å². The van der Waals surface area contributed by atoms with Gasteiger partial charge < -0.3 is 20.9 Å². The molecule has 1 atom stereocenters. The molecule has 1 unspecified atom stereocenters. The second kappa shape index (κ2) is 11.2. The maximum atomic E-state index is 13.0. The molecule has 0 saturated carbocycles. The summed E-state index contributed by atoms with van der Waals surface area (Å²) in [4.78, 5) is 45.7. The number of amides is 3. The van der Waals surface area contributed by atoms with E-state index in [9.17, 15) is 14.4 Å². The highest BCUT2D eigenvalue weighted by Gasteiger charge is 2.22. The summed E-state index contributed by atoms with van der Waals surface area (Å²) in [6, 6.07) is 9.82. The van der Waals surface area contributed by atoms with E-state index >= 15 is 0 Å². The first-order valence-electron chi connectivity index (χ1n) is 10.4. The van der Waals surface area contributed by atoms with Gasteiger partial charge in [-0.05, 0) is 35.6 Å². The van der Waals surface area contributed by atoms with Gasteiger partial charge in [0.1, 0.15) is 6.04 Å². The van der Waals surface area contributed by atoms with Crippen LogP contribution in [0.25, 0.3) is 0 Å². The highest BCUT2D eigenvalue weighted by atomic mass is 32.1. The Morgan fingerprint density at radius 3 is 2.69 bits per heavy atom. The van der Waals surface area contributed by atoms with Crippen LogP contribution in [-0.4, -0.2) is 33.7 Å². The Labute approximate surface area is 190 Å². The molecule has 3 aromatic rings. The number of hydrogen-bond acceptors (Lipinski definition) is 5. The fourth-order valence-corrected chi connectivity index (χ4v) is 3.74. The van der Waals surface area contributed by atoms with Crippen LogP contribution in [0, 0.1) is 5.92 Å². The summed E-state index contributed by atoms with van der Waals surface area (Å²) >= 11 is 1.57. The topological polar surface area (TPSA) is 116 Å². The Bertz CT molecular complexity index is 1030. The third-order valence-corrected chi connectivity index (χ3v) is 5.50. The van der Waals surface area contributed by atoms with Crippen molar-refractivity contribution < 1.29 is 14.4 Å². The zero-order chi connectivity index (χ0) is 22.9. The molecule has 0 spiro atoms. The van der Waals surface area contributed by atoms with E-state index < -0.39 is 6.04 Å². The lowest BCUT2D eigenvalue weighted by Gasteiger charge is -2.19. The van der Waals surface area contributed by atoms with Crippen molar-refractivity contribution in [2.75, 3.05) is 5.32 Å². The van der Waals surface area contributed by atoms with E-state index in [0.29, 0.717) is 24.2 Å². The number of anilines is 1. The molecule has 0 fully saturated rings. The second-order valence-electron chi connectivity index (χ2n) is 7.83. The molecule has 3 amide bonds. The Morgan fingerprint density at radius 2 is 2.00 bits per heavy atom. The monoisotopic (exact) mass is 453 g/mol. The van der Waals surface area contributed by atoms with Crippen molar-refractivity contribution in [3.05, 3.63) is 70.4 Å². The number of nitrogens with zero attached hydrogens (tertiary/aromatic N) is 1. The molecule has 4 N–H and O–H groups in total. The molecule has 2 aromatic heterocycles. The highest BCUT2D eigenvalue weighted by molar-refractivity contribution is 7.09. The predicted octanol–water partition coefficient (Wildman–Crippen LogP) is 3.11. The summed E-state index contributed by atoms with van der Waals surface area (Å²) in [5.41, 5.74) is 1.65. The molecule has 0 saturated heterocycles. The lowest BCUT2D eigenvalue weighted by molar-refractivity contribution is -0.127. The van der Waals surface area contributed by atoms with Gasteiger partial charge in [0.25, 0.3) is 5.91 Å². The number of imidazole rings is 1. The van der Waals surface area contributed by atoms with Crippen molar-refractivity contribution in [2.24, 2.45) is 5.92 Å². The van der Waals surface area contributed by atoms with Gasteiger partial charge in [-0.3, -0.25) is 14.4 Å². The van der Waals surface area contributed by atoms with E-state index in [2.05, 4.69) is 25.9 Å². The summed E-state index contributed by atoms with van der Waals surface area (Å²) in [6.45, 7) is 4.33. The van der Waals surface area contributed by atoms with Crippen LogP contribution in [0.15, 0.2) is 54.3 Å². The fraction of sp³-hybridized carbons (Fsp3) is 0.304. The minimum absolute atomic E-state index is 0.176. The Hall–Kier alpha value is -3.46. The smallest absolute Gasteiger partial charge is 0.251 e. The second-order valence-corrected chi connectivity index (χ2v) is 8.86. The number of aromatic nitrogens is 2. The first-order valence-corrected chi connectivity index (χ1v) is 11.3. The molecule has 2 heterocycles. The van der Waals surface area contributed by atoms with Crippen LogP contribution >= 0.6 is 11.3 Å². The highest BCUT2D eigenvalue weighted by Crippen LogP contribution is 2.13. The van der Waals surface area contributed by atoms with Gasteiger partial charge in [-0.2, -0.15) is 0 Å². The van der Waals surface area contributed by atoms with Gasteiger partial charge in [-0.1, -0.05) is 26.0 Å². The maximum Gasteiger partial charge on any atom is 0.251 e. The van der Waals surface area contributed by atoms with Gasteiger partial charge >= 0.3 is 0 Å². The average Bonchev–Trinajstić information content (AvgIpc) is 3.45. The molecule has 0 aliphatic heterocycles. The van der Waals surface area contributed by atoms with Crippen molar-refractivity contribution >= 4 is 34.7 Å². The number of rotatable bonds is 10. The van der Waals surface area contributed by atoms with E-state index in [1.807, 2.05) is 31.4 Å². The minimum Gasteiger partial charge on any atom is -0.348 e. The van der Waals surface area contributed by atoms with E-state index in [0.717, 1.165) is 10.6 Å². The molecule has 32 heavy (non-hydrogen) atoms. The molecule has 3 rings (SSSR count). The minimum atomic E-state index is -0.780. The maximum absolute atomic E-state index is 13.0. The molecule has 0 aliphatic rings. The quantitative estimate of drug-likeness (QED) is 0.377. The molecule has 0 radical (unpaired) electrons. The third-order valence-electron chi connectivity index (χ3n) is 4.62. The van der Waals surface area contributed by atoms with Gasteiger partial charge in [0.05, 0.1) is 12.9 Å². The van der Waals surface area contributed by atoms with E-state index in [1.165, 1.54) is 6.33 Å². The molecule has 8 nitrogen and oxygen atoms in total. The number of carbonyl (C=O) groups is 3. The standard InChI is InChI=1S/C23H27N5O3S/c1-15(2)9-21(29)28-20(11-18-12-24-14-26-18)23(31)27-17-6-3-5-16(10-17)22(30)25-13-19-7-4-8-32-19/h3-8,10,12,14-15,20H,9,11,13H2,1-2H3,(H,24,26)(H,25,30)(H,27,31)(H,28,29). The Balaban J connectivity index is 1.65. The van der Waals surface area contributed by atoms with Gasteiger partial charge in [0, 0.05) is 40.9 Å². The summed E-state index contributed by atoms with van der Waals surface area (Å²) in [7, 11) is 0. The fourth-order valence-electron chi connectivity index (χ4n) is 3.10. The van der Waals surface area contributed by atoms with Gasteiger partial charge in [0.2, 0.25) is 11.8 Å². The van der Waals surface area contributed by atoms with Crippen molar-refractivity contribution in [1.82, 2.24) is 20.6 Å². The summed E-state index contributed by atoms with van der Waals surface area (Å²) < 4.78 is 0. The van der Waals surface area contributed by atoms with E-state index in [1.54, 1.807) is 41.8 Å². The number of carbonyl (C=O) groups excluding carboxylic acids is 3. The summed E-state index contributed by atoms with van der Waals surface area (Å²) in [5.74, 6) is -0.613. The largest absolute Gasteiger partial charge is 0.348 e. The lowest BCUT2D eigenvalue weighted by atomic mass is 10.1. The molecular weight excluding hydrogens is 426 g/mol. The van der Waals surface area contributed by atoms with Gasteiger partial charge in [0.15, 0.2) is 0 Å². The Morgan fingerprint density at radius 1 is 1.16 bits per heavy atom. The van der Waals surface area contributed by atoms with Crippen LogP contribution < -0.4 is 16.0 Å². The van der Waals surface area contributed by atoms with Crippen LogP contribution in [0.4, 0.5) is 5.69 Å². The van der Waals surface area contributed by atoms with Crippen molar-refractivity contribution in [3.8, 4) is 0 Å². The first-order chi connectivity index (χ1) is 15.4. The van der Waals surface area contributed by atoms with E-state index in [-0.39, 0.29) is 30.1 Å². The number of H-pyrrole nitrogens is 1. The molecule has 0 aliphatic carbocycles. The van der Waals surface area contributed by atoms with Gasteiger partial charge in [-0.15, -0.1) is 11.3 Å². The van der Waals surface area contributed by atoms with Crippen molar-refractivity contribution in [3.63, 3.8) is 0 Å². The van der Waals surface area contributed by atoms with Crippen LogP contribution in [0.2, 0.25) is 0 Å². The number of nitrogens with one attached hydrogen (secondary N) is 4. The Kier molecular flexibility index (Phi) is 8.15. The molecule has 9 heteroatoms. The molecule has 1 aromatic carbocycles. The molecule has 168 valence electrons. The molecule has 0 bridgehead atoms. The average molecular weight is 454 g/mol. The number of thiophene rings is 1. The van der Waals surface area contributed by atoms with Crippen molar-refractivity contribution in [1.29, 1.82) is 0 Å². The normalized spacial score (nSPS) is 11.7. The van der Waals surface area contributed by atoms with Crippen LogP contribution in [-0.2, 0) is 22.6 Å². The first kappa shape index (κ1) is 23.2. The zero-order valence-electron chi connectivity index (χ0n) is 18.1. The zero-order valence-corrected chi connectivity index (χ0v) is 18.9. The number of hydrogen-bond donors (Lipinski definition) is 4. The molecular formula is C23H27N5O3S. The number of benzene rings is 1. The lowest BCUT2D eigenvalue weighted by Crippen LogP contribution is -2.45. The predicted molar refractivity (Wildman–Crippen MR) is 124 cm³/mol.